The molecule has 0 saturated carbocycles. The summed E-state index contributed by atoms with van der Waals surface area (Å²) in [5.74, 6) is 0.628. The van der Waals surface area contributed by atoms with Crippen LogP contribution in [0.1, 0.15) is 12.5 Å². The number of phenols is 1. The van der Waals surface area contributed by atoms with Crippen molar-refractivity contribution in [3.05, 3.63) is 29.5 Å². The zero-order valence-electron chi connectivity index (χ0n) is 11.5. The van der Waals surface area contributed by atoms with Crippen molar-refractivity contribution in [1.82, 2.24) is 4.90 Å². The Morgan fingerprint density at radius 2 is 2.05 bits per heavy atom. The minimum absolute atomic E-state index is 0.133. The van der Waals surface area contributed by atoms with Crippen molar-refractivity contribution in [2.45, 2.75) is 6.92 Å². The molecule has 100 valence electrons. The average Bonchev–Trinajstić information content (AvgIpc) is 2.59. The number of amidine groups is 1. The highest BCUT2D eigenvalue weighted by atomic mass is 16.3. The van der Waals surface area contributed by atoms with Crippen molar-refractivity contribution >= 4 is 23.5 Å². The second kappa shape index (κ2) is 4.76. The van der Waals surface area contributed by atoms with Crippen molar-refractivity contribution in [1.29, 1.82) is 0 Å². The number of nitrogens with zero attached hydrogens (tertiary/aromatic N) is 3. The molecule has 5 nitrogen and oxygen atoms in total. The third-order valence-electron chi connectivity index (χ3n) is 3.11. The Labute approximate surface area is 112 Å². The van der Waals surface area contributed by atoms with Gasteiger partial charge in [0.05, 0.1) is 0 Å². The Morgan fingerprint density at radius 1 is 1.37 bits per heavy atom. The highest BCUT2D eigenvalue weighted by Gasteiger charge is 2.23. The number of aromatic hydroxyl groups is 1. The molecule has 5 heteroatoms. The van der Waals surface area contributed by atoms with E-state index in [2.05, 4.69) is 4.99 Å². The van der Waals surface area contributed by atoms with E-state index in [-0.39, 0.29) is 11.7 Å². The number of hydrogen-bond acceptors (Lipinski definition) is 4. The molecule has 1 aliphatic rings. The van der Waals surface area contributed by atoms with Crippen LogP contribution >= 0.6 is 0 Å². The SMILES string of the molecule is CC1=NC(=Cc2ccc(N(C)C)cc2O)C(=O)N1C. The van der Waals surface area contributed by atoms with E-state index in [1.807, 2.05) is 25.1 Å². The molecule has 0 saturated heterocycles. The smallest absolute Gasteiger partial charge is 0.277 e. The van der Waals surface area contributed by atoms with Gasteiger partial charge in [-0.2, -0.15) is 0 Å². The van der Waals surface area contributed by atoms with Crippen LogP contribution in [-0.4, -0.2) is 42.9 Å². The van der Waals surface area contributed by atoms with Gasteiger partial charge in [0, 0.05) is 38.5 Å². The Kier molecular flexibility index (Phi) is 3.29. The van der Waals surface area contributed by atoms with Crippen LogP contribution < -0.4 is 4.90 Å². The first-order valence-corrected chi connectivity index (χ1v) is 5.95. The topological polar surface area (TPSA) is 56.1 Å². The molecule has 0 bridgehead atoms. The Bertz CT molecular complexity index is 588. The first kappa shape index (κ1) is 13.1. The van der Waals surface area contributed by atoms with Gasteiger partial charge < -0.3 is 10.0 Å². The molecule has 1 N–H and O–H groups in total. The van der Waals surface area contributed by atoms with E-state index in [0.29, 0.717) is 17.1 Å². The first-order chi connectivity index (χ1) is 8.90. The van der Waals surface area contributed by atoms with Gasteiger partial charge in [-0.1, -0.05) is 0 Å². The summed E-state index contributed by atoms with van der Waals surface area (Å²) < 4.78 is 0. The van der Waals surface area contributed by atoms with Gasteiger partial charge in [-0.05, 0) is 25.1 Å². The number of benzene rings is 1. The van der Waals surface area contributed by atoms with E-state index in [1.54, 1.807) is 32.2 Å². The molecule has 0 aromatic heterocycles. The number of anilines is 1. The monoisotopic (exact) mass is 259 g/mol. The van der Waals surface area contributed by atoms with Crippen LogP contribution in [0, 0.1) is 0 Å². The molecule has 19 heavy (non-hydrogen) atoms. The summed E-state index contributed by atoms with van der Waals surface area (Å²) in [6.45, 7) is 1.77. The van der Waals surface area contributed by atoms with Crippen molar-refractivity contribution in [3.63, 3.8) is 0 Å². The fraction of sp³-hybridized carbons (Fsp3) is 0.286. The predicted molar refractivity (Wildman–Crippen MR) is 76.3 cm³/mol. The van der Waals surface area contributed by atoms with E-state index >= 15 is 0 Å². The van der Waals surface area contributed by atoms with Gasteiger partial charge in [0.15, 0.2) is 0 Å². The second-order valence-corrected chi connectivity index (χ2v) is 4.69. The number of likely N-dealkylation sites (N-methyl/N-ethyl adjacent to an activating group) is 1. The summed E-state index contributed by atoms with van der Waals surface area (Å²) in [6, 6.07) is 5.31. The van der Waals surface area contributed by atoms with Crippen LogP contribution in [0.3, 0.4) is 0 Å². The van der Waals surface area contributed by atoms with Crippen LogP contribution in [0.4, 0.5) is 5.69 Å². The molecule has 1 aromatic carbocycles. The number of carbonyl (C=O) groups is 1. The maximum atomic E-state index is 11.9. The number of rotatable bonds is 2. The van der Waals surface area contributed by atoms with Crippen LogP contribution in [0.5, 0.6) is 5.75 Å². The zero-order valence-corrected chi connectivity index (χ0v) is 11.5. The summed E-state index contributed by atoms with van der Waals surface area (Å²) >= 11 is 0. The summed E-state index contributed by atoms with van der Waals surface area (Å²) in [5.41, 5.74) is 1.82. The molecule has 0 radical (unpaired) electrons. The lowest BCUT2D eigenvalue weighted by Gasteiger charge is -2.13. The fourth-order valence-electron chi connectivity index (χ4n) is 1.79. The Hall–Kier alpha value is -2.30. The fourth-order valence-corrected chi connectivity index (χ4v) is 1.79. The van der Waals surface area contributed by atoms with Crippen molar-refractivity contribution in [2.24, 2.45) is 4.99 Å². The minimum atomic E-state index is -0.159. The molecule has 0 fully saturated rings. The summed E-state index contributed by atoms with van der Waals surface area (Å²) in [6.07, 6.45) is 1.60. The standard InChI is InChI=1S/C14H17N3O2/c1-9-15-12(14(19)17(9)4)7-10-5-6-11(16(2)3)8-13(10)18/h5-8,18H,1-4H3. The van der Waals surface area contributed by atoms with Crippen LogP contribution in [-0.2, 0) is 4.79 Å². The van der Waals surface area contributed by atoms with E-state index in [9.17, 15) is 9.90 Å². The highest BCUT2D eigenvalue weighted by molar-refractivity contribution is 6.13. The molecular formula is C14H17N3O2. The van der Waals surface area contributed by atoms with Crippen LogP contribution in [0.25, 0.3) is 6.08 Å². The molecule has 0 spiro atoms. The van der Waals surface area contributed by atoms with Gasteiger partial charge >= 0.3 is 0 Å². The molecule has 2 rings (SSSR count). The summed E-state index contributed by atoms with van der Waals surface area (Å²) in [5, 5.41) is 9.97. The van der Waals surface area contributed by atoms with E-state index in [1.165, 1.54) is 4.90 Å². The Morgan fingerprint density at radius 3 is 2.53 bits per heavy atom. The van der Waals surface area contributed by atoms with Crippen molar-refractivity contribution in [3.8, 4) is 5.75 Å². The number of amides is 1. The summed E-state index contributed by atoms with van der Waals surface area (Å²) in [7, 11) is 5.48. The number of phenolic OH excluding ortho intramolecular Hbond substituents is 1. The molecule has 1 aromatic rings. The third kappa shape index (κ3) is 2.45. The lowest BCUT2D eigenvalue weighted by Crippen LogP contribution is -2.25. The van der Waals surface area contributed by atoms with E-state index < -0.39 is 0 Å². The zero-order chi connectivity index (χ0) is 14.2. The lowest BCUT2D eigenvalue weighted by atomic mass is 10.1. The second-order valence-electron chi connectivity index (χ2n) is 4.69. The molecular weight excluding hydrogens is 242 g/mol. The van der Waals surface area contributed by atoms with Crippen molar-refractivity contribution in [2.75, 3.05) is 26.0 Å². The molecule has 0 aliphatic carbocycles. The molecule has 0 unspecified atom stereocenters. The third-order valence-corrected chi connectivity index (χ3v) is 3.11. The predicted octanol–water partition coefficient (Wildman–Crippen LogP) is 1.69. The first-order valence-electron chi connectivity index (χ1n) is 5.95. The quantitative estimate of drug-likeness (QED) is 0.822. The normalized spacial score (nSPS) is 17.1. The summed E-state index contributed by atoms with van der Waals surface area (Å²) in [4.78, 5) is 19.4. The lowest BCUT2D eigenvalue weighted by molar-refractivity contribution is -0.121. The van der Waals surface area contributed by atoms with Gasteiger partial charge in [-0.3, -0.25) is 9.69 Å². The maximum Gasteiger partial charge on any atom is 0.277 e. The van der Waals surface area contributed by atoms with Crippen LogP contribution in [0.2, 0.25) is 0 Å². The average molecular weight is 259 g/mol. The largest absolute Gasteiger partial charge is 0.507 e. The molecule has 0 atom stereocenters. The number of carbonyl (C=O) groups excluding carboxylic acids is 1. The van der Waals surface area contributed by atoms with Gasteiger partial charge in [-0.15, -0.1) is 0 Å². The van der Waals surface area contributed by atoms with Crippen molar-refractivity contribution < 1.29 is 9.90 Å². The molecule has 1 amide bonds. The highest BCUT2D eigenvalue weighted by Crippen LogP contribution is 2.27. The van der Waals surface area contributed by atoms with Crippen LogP contribution in [0.15, 0.2) is 28.9 Å². The Balaban J connectivity index is 2.37. The van der Waals surface area contributed by atoms with E-state index in [4.69, 9.17) is 0 Å². The van der Waals surface area contributed by atoms with Gasteiger partial charge in [0.25, 0.3) is 5.91 Å². The number of aliphatic imine (C=N–C) groups is 1. The van der Waals surface area contributed by atoms with E-state index in [0.717, 1.165) is 5.69 Å². The number of hydrogen-bond donors (Lipinski definition) is 1. The minimum Gasteiger partial charge on any atom is -0.507 e. The maximum absolute atomic E-state index is 11.9. The molecule has 1 heterocycles. The molecule has 1 aliphatic heterocycles. The van der Waals surface area contributed by atoms with Gasteiger partial charge in [0.1, 0.15) is 17.3 Å². The van der Waals surface area contributed by atoms with Gasteiger partial charge in [-0.25, -0.2) is 4.99 Å². The van der Waals surface area contributed by atoms with Gasteiger partial charge in [0.2, 0.25) is 0 Å².